The summed E-state index contributed by atoms with van der Waals surface area (Å²) >= 11 is 0. The van der Waals surface area contributed by atoms with Gasteiger partial charge in [-0.2, -0.15) is 0 Å². The summed E-state index contributed by atoms with van der Waals surface area (Å²) in [6.45, 7) is 2.53. The van der Waals surface area contributed by atoms with E-state index in [0.717, 1.165) is 22.0 Å². The zero-order valence-electron chi connectivity index (χ0n) is 15.0. The van der Waals surface area contributed by atoms with Crippen molar-refractivity contribution in [3.05, 3.63) is 83.6 Å². The van der Waals surface area contributed by atoms with Gasteiger partial charge in [0.25, 0.3) is 5.91 Å². The van der Waals surface area contributed by atoms with Gasteiger partial charge in [-0.05, 0) is 36.3 Å². The first kappa shape index (κ1) is 18.3. The number of hydrogen-bond donors (Lipinski definition) is 1. The standard InChI is InChI=1S/C22H20N2O3/c1-2-27-21(25)12-11-16-7-9-17(10-8-16)14-24-22(26)19-13-18-5-3-4-6-20(18)23-15-19/h3-13,15H,2,14H2,1H3,(H,24,26)/b12-11+. The second-order valence-electron chi connectivity index (χ2n) is 5.93. The zero-order valence-corrected chi connectivity index (χ0v) is 15.0. The van der Waals surface area contributed by atoms with Gasteiger partial charge in [0.15, 0.2) is 0 Å². The van der Waals surface area contributed by atoms with Crippen molar-refractivity contribution < 1.29 is 14.3 Å². The van der Waals surface area contributed by atoms with Crippen LogP contribution >= 0.6 is 0 Å². The van der Waals surface area contributed by atoms with Crippen LogP contribution in [0.5, 0.6) is 0 Å². The Labute approximate surface area is 157 Å². The third-order valence-corrected chi connectivity index (χ3v) is 3.98. The molecule has 3 rings (SSSR count). The first-order valence-electron chi connectivity index (χ1n) is 8.72. The van der Waals surface area contributed by atoms with E-state index >= 15 is 0 Å². The van der Waals surface area contributed by atoms with Crippen molar-refractivity contribution in [1.29, 1.82) is 0 Å². The maximum absolute atomic E-state index is 12.4. The molecule has 0 bridgehead atoms. The van der Waals surface area contributed by atoms with Gasteiger partial charge in [0.1, 0.15) is 0 Å². The van der Waals surface area contributed by atoms with E-state index in [1.165, 1.54) is 6.08 Å². The minimum atomic E-state index is -0.363. The number of para-hydroxylation sites is 1. The van der Waals surface area contributed by atoms with Crippen molar-refractivity contribution in [2.24, 2.45) is 0 Å². The molecule has 2 aromatic carbocycles. The van der Waals surface area contributed by atoms with E-state index in [0.29, 0.717) is 18.7 Å². The molecular weight excluding hydrogens is 340 g/mol. The SMILES string of the molecule is CCOC(=O)/C=C/c1ccc(CNC(=O)c2cnc3ccccc3c2)cc1. The number of amides is 1. The van der Waals surface area contributed by atoms with Gasteiger partial charge >= 0.3 is 5.97 Å². The molecule has 136 valence electrons. The number of aromatic nitrogens is 1. The molecule has 27 heavy (non-hydrogen) atoms. The van der Waals surface area contributed by atoms with E-state index < -0.39 is 0 Å². The van der Waals surface area contributed by atoms with E-state index in [-0.39, 0.29) is 11.9 Å². The number of nitrogens with zero attached hydrogens (tertiary/aromatic N) is 1. The van der Waals surface area contributed by atoms with Crippen molar-refractivity contribution in [3.8, 4) is 0 Å². The van der Waals surface area contributed by atoms with E-state index in [4.69, 9.17) is 4.74 Å². The van der Waals surface area contributed by atoms with Crippen LogP contribution in [-0.4, -0.2) is 23.5 Å². The van der Waals surface area contributed by atoms with Crippen LogP contribution < -0.4 is 5.32 Å². The highest BCUT2D eigenvalue weighted by Crippen LogP contribution is 2.13. The average Bonchev–Trinajstić information content (AvgIpc) is 2.71. The quantitative estimate of drug-likeness (QED) is 0.537. The summed E-state index contributed by atoms with van der Waals surface area (Å²) in [6, 6.07) is 17.1. The summed E-state index contributed by atoms with van der Waals surface area (Å²) in [7, 11) is 0. The second-order valence-corrected chi connectivity index (χ2v) is 5.93. The van der Waals surface area contributed by atoms with Gasteiger partial charge in [-0.1, -0.05) is 42.5 Å². The number of fused-ring (bicyclic) bond motifs is 1. The number of pyridine rings is 1. The van der Waals surface area contributed by atoms with Crippen LogP contribution in [0.2, 0.25) is 0 Å². The average molecular weight is 360 g/mol. The third-order valence-electron chi connectivity index (χ3n) is 3.98. The van der Waals surface area contributed by atoms with Gasteiger partial charge in [0.05, 0.1) is 17.7 Å². The number of benzene rings is 2. The molecule has 0 saturated carbocycles. The first-order valence-corrected chi connectivity index (χ1v) is 8.72. The number of carbonyl (C=O) groups excluding carboxylic acids is 2. The molecule has 0 saturated heterocycles. The molecule has 0 aliphatic heterocycles. The Balaban J connectivity index is 1.58. The molecule has 0 aliphatic rings. The maximum Gasteiger partial charge on any atom is 0.330 e. The van der Waals surface area contributed by atoms with E-state index in [1.54, 1.807) is 19.2 Å². The van der Waals surface area contributed by atoms with Crippen molar-refractivity contribution in [2.45, 2.75) is 13.5 Å². The Kier molecular flexibility index (Phi) is 5.94. The van der Waals surface area contributed by atoms with Gasteiger partial charge in [-0.3, -0.25) is 9.78 Å². The molecular formula is C22H20N2O3. The zero-order chi connectivity index (χ0) is 19.1. The molecule has 5 nitrogen and oxygen atoms in total. The maximum atomic E-state index is 12.4. The predicted octanol–water partition coefficient (Wildman–Crippen LogP) is 3.74. The van der Waals surface area contributed by atoms with Crippen LogP contribution in [-0.2, 0) is 16.1 Å². The van der Waals surface area contributed by atoms with E-state index in [9.17, 15) is 9.59 Å². The Bertz CT molecular complexity index is 978. The molecule has 0 atom stereocenters. The van der Waals surface area contributed by atoms with Crippen LogP contribution in [0.15, 0.2) is 66.9 Å². The fraction of sp³-hybridized carbons (Fsp3) is 0.136. The van der Waals surface area contributed by atoms with E-state index in [1.807, 2.05) is 54.6 Å². The Morgan fingerprint density at radius 1 is 1.11 bits per heavy atom. The van der Waals surface area contributed by atoms with E-state index in [2.05, 4.69) is 10.3 Å². The highest BCUT2D eigenvalue weighted by atomic mass is 16.5. The molecule has 1 N–H and O–H groups in total. The van der Waals surface area contributed by atoms with Crippen LogP contribution in [0.3, 0.4) is 0 Å². The number of nitrogens with one attached hydrogen (secondary N) is 1. The molecule has 0 spiro atoms. The summed E-state index contributed by atoms with van der Waals surface area (Å²) in [5, 5.41) is 3.83. The topological polar surface area (TPSA) is 68.3 Å². The normalized spacial score (nSPS) is 10.9. The monoisotopic (exact) mass is 360 g/mol. The lowest BCUT2D eigenvalue weighted by Gasteiger charge is -2.06. The van der Waals surface area contributed by atoms with Crippen molar-refractivity contribution in [3.63, 3.8) is 0 Å². The lowest BCUT2D eigenvalue weighted by Crippen LogP contribution is -2.22. The molecule has 1 amide bonds. The van der Waals surface area contributed by atoms with Gasteiger partial charge in [-0.25, -0.2) is 4.79 Å². The number of ether oxygens (including phenoxy) is 1. The number of esters is 1. The van der Waals surface area contributed by atoms with Crippen molar-refractivity contribution in [2.75, 3.05) is 6.61 Å². The van der Waals surface area contributed by atoms with Crippen LogP contribution in [0, 0.1) is 0 Å². The highest BCUT2D eigenvalue weighted by molar-refractivity contribution is 5.97. The second kappa shape index (κ2) is 8.76. The van der Waals surface area contributed by atoms with Gasteiger partial charge in [0, 0.05) is 24.2 Å². The predicted molar refractivity (Wildman–Crippen MR) is 105 cm³/mol. The fourth-order valence-electron chi connectivity index (χ4n) is 2.58. The molecule has 0 aliphatic carbocycles. The molecule has 1 aromatic heterocycles. The third kappa shape index (κ3) is 5.01. The Hall–Kier alpha value is -3.47. The summed E-state index contributed by atoms with van der Waals surface area (Å²) in [5.41, 5.74) is 3.24. The molecule has 1 heterocycles. The fourth-order valence-corrected chi connectivity index (χ4v) is 2.58. The highest BCUT2D eigenvalue weighted by Gasteiger charge is 2.07. The van der Waals surface area contributed by atoms with Gasteiger partial charge in [-0.15, -0.1) is 0 Å². The smallest absolute Gasteiger partial charge is 0.330 e. The summed E-state index contributed by atoms with van der Waals surface area (Å²) in [6.07, 6.45) is 4.68. The Morgan fingerprint density at radius 2 is 1.89 bits per heavy atom. The van der Waals surface area contributed by atoms with Gasteiger partial charge < -0.3 is 10.1 Å². The molecule has 0 unspecified atom stereocenters. The molecule has 5 heteroatoms. The summed E-state index contributed by atoms with van der Waals surface area (Å²) < 4.78 is 4.84. The molecule has 0 fully saturated rings. The minimum Gasteiger partial charge on any atom is -0.463 e. The number of rotatable bonds is 6. The minimum absolute atomic E-state index is 0.167. The molecule has 3 aromatic rings. The number of carbonyl (C=O) groups is 2. The van der Waals surface area contributed by atoms with Gasteiger partial charge in [0.2, 0.25) is 0 Å². The Morgan fingerprint density at radius 3 is 2.67 bits per heavy atom. The first-order chi connectivity index (χ1) is 13.2. The summed E-state index contributed by atoms with van der Waals surface area (Å²) in [4.78, 5) is 28.0. The van der Waals surface area contributed by atoms with Crippen molar-refractivity contribution in [1.82, 2.24) is 10.3 Å². The summed E-state index contributed by atoms with van der Waals surface area (Å²) in [5.74, 6) is -0.530. The number of hydrogen-bond acceptors (Lipinski definition) is 4. The molecule has 0 radical (unpaired) electrons. The van der Waals surface area contributed by atoms with Crippen molar-refractivity contribution >= 4 is 28.9 Å². The largest absolute Gasteiger partial charge is 0.463 e. The van der Waals surface area contributed by atoms with Crippen LogP contribution in [0.25, 0.3) is 17.0 Å². The lowest BCUT2D eigenvalue weighted by atomic mass is 10.1. The van der Waals surface area contributed by atoms with Crippen LogP contribution in [0.1, 0.15) is 28.4 Å². The van der Waals surface area contributed by atoms with Crippen LogP contribution in [0.4, 0.5) is 0 Å². The lowest BCUT2D eigenvalue weighted by molar-refractivity contribution is -0.137.